The van der Waals surface area contributed by atoms with E-state index in [-0.39, 0.29) is 18.3 Å². The molecule has 0 aromatic carbocycles. The number of aliphatic hydroxyl groups excluding tert-OH is 1. The Bertz CT molecular complexity index is 326. The van der Waals surface area contributed by atoms with Gasteiger partial charge in [-0.15, -0.1) is 0 Å². The highest BCUT2D eigenvalue weighted by atomic mass is 16.5. The second-order valence-corrected chi connectivity index (χ2v) is 3.01. The normalized spacial score (nSPS) is 11.9. The number of ether oxygens (including phenoxy) is 1. The zero-order chi connectivity index (χ0) is 11.3. The number of esters is 1. The van der Waals surface area contributed by atoms with Gasteiger partial charge in [0, 0.05) is 6.04 Å². The Morgan fingerprint density at radius 2 is 2.33 bits per heavy atom. The minimum atomic E-state index is -0.524. The molecule has 82 valence electrons. The van der Waals surface area contributed by atoms with Crippen molar-refractivity contribution < 1.29 is 14.6 Å². The van der Waals surface area contributed by atoms with E-state index in [4.69, 9.17) is 5.11 Å². The van der Waals surface area contributed by atoms with Crippen molar-refractivity contribution in [3.8, 4) is 0 Å². The average Bonchev–Trinajstić information content (AvgIpc) is 2.29. The van der Waals surface area contributed by atoms with E-state index >= 15 is 0 Å². The van der Waals surface area contributed by atoms with Gasteiger partial charge in [-0.3, -0.25) is 0 Å². The van der Waals surface area contributed by atoms with Crippen LogP contribution in [0.2, 0.25) is 0 Å². The number of hydrogen-bond donors (Lipinski definition) is 2. The summed E-state index contributed by atoms with van der Waals surface area (Å²) in [7, 11) is 1.28. The van der Waals surface area contributed by atoms with Gasteiger partial charge < -0.3 is 15.2 Å². The number of aromatic nitrogens is 2. The van der Waals surface area contributed by atoms with Crippen LogP contribution in [0.15, 0.2) is 12.4 Å². The Kier molecular flexibility index (Phi) is 3.99. The smallest absolute Gasteiger partial charge is 0.358 e. The second-order valence-electron chi connectivity index (χ2n) is 3.01. The third-order valence-corrected chi connectivity index (χ3v) is 1.71. The molecule has 0 aliphatic rings. The number of methoxy groups -OCH3 is 1. The topological polar surface area (TPSA) is 84.3 Å². The first-order valence-corrected chi connectivity index (χ1v) is 4.45. The molecule has 1 atom stereocenters. The van der Waals surface area contributed by atoms with Gasteiger partial charge in [0.15, 0.2) is 5.69 Å². The number of rotatable bonds is 4. The van der Waals surface area contributed by atoms with Crippen LogP contribution in [-0.4, -0.2) is 40.8 Å². The number of hydrogen-bond acceptors (Lipinski definition) is 6. The van der Waals surface area contributed by atoms with Gasteiger partial charge in [-0.25, -0.2) is 14.8 Å². The Balaban J connectivity index is 2.68. The Hall–Kier alpha value is -1.69. The van der Waals surface area contributed by atoms with E-state index in [0.717, 1.165) is 0 Å². The van der Waals surface area contributed by atoms with Crippen LogP contribution in [0.5, 0.6) is 0 Å². The van der Waals surface area contributed by atoms with Gasteiger partial charge in [0.05, 0.1) is 26.1 Å². The van der Waals surface area contributed by atoms with Crippen molar-refractivity contribution in [2.24, 2.45) is 0 Å². The van der Waals surface area contributed by atoms with Gasteiger partial charge in [-0.1, -0.05) is 0 Å². The minimum Gasteiger partial charge on any atom is -0.464 e. The van der Waals surface area contributed by atoms with E-state index in [2.05, 4.69) is 20.0 Å². The fraction of sp³-hybridized carbons (Fsp3) is 0.444. The van der Waals surface area contributed by atoms with Gasteiger partial charge in [-0.05, 0) is 6.92 Å². The Morgan fingerprint density at radius 1 is 1.60 bits per heavy atom. The third kappa shape index (κ3) is 3.17. The molecule has 0 aliphatic heterocycles. The maximum Gasteiger partial charge on any atom is 0.358 e. The van der Waals surface area contributed by atoms with Gasteiger partial charge in [0.25, 0.3) is 0 Å². The van der Waals surface area contributed by atoms with Crippen molar-refractivity contribution in [3.63, 3.8) is 0 Å². The summed E-state index contributed by atoms with van der Waals surface area (Å²) in [6.45, 7) is 1.80. The van der Waals surface area contributed by atoms with Crippen molar-refractivity contribution >= 4 is 11.8 Å². The van der Waals surface area contributed by atoms with Crippen LogP contribution in [0, 0.1) is 0 Å². The summed E-state index contributed by atoms with van der Waals surface area (Å²) in [6, 6.07) is -0.108. The van der Waals surface area contributed by atoms with E-state index in [9.17, 15) is 4.79 Å². The second kappa shape index (κ2) is 5.26. The minimum absolute atomic E-state index is 0.000430. The van der Waals surface area contributed by atoms with E-state index in [1.165, 1.54) is 19.5 Å². The molecule has 0 amide bonds. The molecule has 0 bridgehead atoms. The van der Waals surface area contributed by atoms with Crippen molar-refractivity contribution in [2.45, 2.75) is 13.0 Å². The molecule has 6 heteroatoms. The lowest BCUT2D eigenvalue weighted by atomic mass is 10.3. The van der Waals surface area contributed by atoms with E-state index in [1.54, 1.807) is 6.92 Å². The fourth-order valence-electron chi connectivity index (χ4n) is 0.911. The molecule has 1 heterocycles. The summed E-state index contributed by atoms with van der Waals surface area (Å²) in [5.41, 5.74) is 0.153. The molecule has 6 nitrogen and oxygen atoms in total. The standard InChI is InChI=1S/C9H13N3O3/c1-6(5-13)12-8-4-10-7(3-11-8)9(14)15-2/h3-4,6,13H,5H2,1-2H3,(H,11,12). The average molecular weight is 211 g/mol. The van der Waals surface area contributed by atoms with Gasteiger partial charge in [0.2, 0.25) is 0 Å². The molecule has 0 fully saturated rings. The Labute approximate surface area is 87.3 Å². The van der Waals surface area contributed by atoms with Crippen LogP contribution in [0.3, 0.4) is 0 Å². The number of nitrogens with zero attached hydrogens (tertiary/aromatic N) is 2. The van der Waals surface area contributed by atoms with Gasteiger partial charge >= 0.3 is 5.97 Å². The van der Waals surface area contributed by atoms with E-state index < -0.39 is 5.97 Å². The quantitative estimate of drug-likeness (QED) is 0.685. The van der Waals surface area contributed by atoms with Crippen LogP contribution in [-0.2, 0) is 4.74 Å². The van der Waals surface area contributed by atoms with Crippen LogP contribution < -0.4 is 5.32 Å². The highest BCUT2D eigenvalue weighted by molar-refractivity contribution is 5.86. The summed E-state index contributed by atoms with van der Waals surface area (Å²) >= 11 is 0. The predicted molar refractivity (Wildman–Crippen MR) is 53.5 cm³/mol. The van der Waals surface area contributed by atoms with Crippen LogP contribution in [0.25, 0.3) is 0 Å². The SMILES string of the molecule is COC(=O)c1cnc(NC(C)CO)cn1. The largest absolute Gasteiger partial charge is 0.464 e. The summed E-state index contributed by atoms with van der Waals surface area (Å²) in [4.78, 5) is 18.8. The molecular weight excluding hydrogens is 198 g/mol. The number of carbonyl (C=O) groups is 1. The maximum atomic E-state index is 11.0. The zero-order valence-corrected chi connectivity index (χ0v) is 8.60. The molecule has 15 heavy (non-hydrogen) atoms. The molecule has 0 saturated carbocycles. The fourth-order valence-corrected chi connectivity index (χ4v) is 0.911. The maximum absolute atomic E-state index is 11.0. The van der Waals surface area contributed by atoms with E-state index in [1.807, 2.05) is 0 Å². The van der Waals surface area contributed by atoms with Crippen molar-refractivity contribution in [2.75, 3.05) is 19.0 Å². The molecule has 1 aromatic rings. The molecule has 1 aromatic heterocycles. The van der Waals surface area contributed by atoms with Gasteiger partial charge in [0.1, 0.15) is 5.82 Å². The van der Waals surface area contributed by atoms with Crippen molar-refractivity contribution in [3.05, 3.63) is 18.1 Å². The molecule has 0 saturated heterocycles. The number of nitrogens with one attached hydrogen (secondary N) is 1. The van der Waals surface area contributed by atoms with Crippen molar-refractivity contribution in [1.29, 1.82) is 0 Å². The zero-order valence-electron chi connectivity index (χ0n) is 8.60. The summed E-state index contributed by atoms with van der Waals surface area (Å²) < 4.78 is 4.48. The first kappa shape index (κ1) is 11.4. The lowest BCUT2D eigenvalue weighted by molar-refractivity contribution is 0.0593. The first-order valence-electron chi connectivity index (χ1n) is 4.45. The first-order chi connectivity index (χ1) is 7.17. The van der Waals surface area contributed by atoms with Crippen molar-refractivity contribution in [1.82, 2.24) is 9.97 Å². The van der Waals surface area contributed by atoms with Crippen LogP contribution in [0.1, 0.15) is 17.4 Å². The summed E-state index contributed by atoms with van der Waals surface area (Å²) in [5, 5.41) is 11.7. The highest BCUT2D eigenvalue weighted by Crippen LogP contribution is 2.03. The lowest BCUT2D eigenvalue weighted by Crippen LogP contribution is -2.20. The van der Waals surface area contributed by atoms with Crippen LogP contribution >= 0.6 is 0 Å². The molecule has 1 rings (SSSR count). The molecule has 0 spiro atoms. The molecule has 2 N–H and O–H groups in total. The molecule has 1 unspecified atom stereocenters. The molecule has 0 aliphatic carbocycles. The van der Waals surface area contributed by atoms with E-state index in [0.29, 0.717) is 5.82 Å². The third-order valence-electron chi connectivity index (χ3n) is 1.71. The summed E-state index contributed by atoms with van der Waals surface area (Å²) in [6.07, 6.45) is 2.73. The molecular formula is C9H13N3O3. The Morgan fingerprint density at radius 3 is 2.80 bits per heavy atom. The monoisotopic (exact) mass is 211 g/mol. The predicted octanol–water partition coefficient (Wildman–Crippen LogP) is 0.0559. The number of aliphatic hydroxyl groups is 1. The van der Waals surface area contributed by atoms with Gasteiger partial charge in [-0.2, -0.15) is 0 Å². The highest BCUT2D eigenvalue weighted by Gasteiger charge is 2.07. The number of anilines is 1. The van der Waals surface area contributed by atoms with Crippen LogP contribution in [0.4, 0.5) is 5.82 Å². The number of carbonyl (C=O) groups excluding carboxylic acids is 1. The molecule has 0 radical (unpaired) electrons. The summed E-state index contributed by atoms with van der Waals surface area (Å²) in [5.74, 6) is -0.0199. The lowest BCUT2D eigenvalue weighted by Gasteiger charge is -2.10.